The number of rotatable bonds is 2. The van der Waals surface area contributed by atoms with E-state index in [2.05, 4.69) is 4.90 Å². The summed E-state index contributed by atoms with van der Waals surface area (Å²) in [4.78, 5) is 38.6. The first kappa shape index (κ1) is 14.2. The van der Waals surface area contributed by atoms with Gasteiger partial charge in [0.1, 0.15) is 12.3 Å². The van der Waals surface area contributed by atoms with Crippen LogP contribution < -0.4 is 5.73 Å². The molecule has 0 radical (unpaired) electrons. The molecule has 3 heterocycles. The zero-order valence-corrected chi connectivity index (χ0v) is 13.2. The van der Waals surface area contributed by atoms with E-state index in [-0.39, 0.29) is 24.2 Å². The molecule has 7 nitrogen and oxygen atoms in total. The third-order valence-electron chi connectivity index (χ3n) is 5.34. The van der Waals surface area contributed by atoms with E-state index >= 15 is 0 Å². The number of ketones is 2. The van der Waals surface area contributed by atoms with Gasteiger partial charge in [-0.2, -0.15) is 0 Å². The van der Waals surface area contributed by atoms with Crippen molar-refractivity contribution in [3.63, 3.8) is 0 Å². The van der Waals surface area contributed by atoms with Crippen LogP contribution in [0, 0.1) is 0 Å². The van der Waals surface area contributed by atoms with E-state index in [1.165, 1.54) is 0 Å². The van der Waals surface area contributed by atoms with Crippen LogP contribution in [0.4, 0.5) is 4.79 Å². The van der Waals surface area contributed by atoms with Crippen LogP contribution >= 0.6 is 0 Å². The van der Waals surface area contributed by atoms with Crippen LogP contribution in [0.5, 0.6) is 0 Å². The maximum atomic E-state index is 12.7. The molecule has 3 aliphatic rings. The predicted molar refractivity (Wildman–Crippen MR) is 80.1 cm³/mol. The molecule has 0 bridgehead atoms. The zero-order valence-electron chi connectivity index (χ0n) is 13.2. The summed E-state index contributed by atoms with van der Waals surface area (Å²) in [6.07, 6.45) is -0.893. The fourth-order valence-corrected chi connectivity index (χ4v) is 3.89. The number of hydrogen-bond acceptors (Lipinski definition) is 5. The lowest BCUT2D eigenvalue weighted by molar-refractivity contribution is 0.0967. The quantitative estimate of drug-likeness (QED) is 0.827. The van der Waals surface area contributed by atoms with Crippen LogP contribution in [0.2, 0.25) is 0 Å². The molecular weight excluding hydrogens is 298 g/mol. The number of primary amides is 1. The van der Waals surface area contributed by atoms with Crippen LogP contribution in [-0.2, 0) is 17.9 Å². The van der Waals surface area contributed by atoms with Crippen molar-refractivity contribution in [3.8, 4) is 0 Å². The number of Topliss-reactive ketones (excluding diaryl/α,β-unsaturated/α-hetero) is 2. The number of aromatic nitrogens is 1. The highest BCUT2D eigenvalue weighted by Crippen LogP contribution is 2.52. The number of nitrogens with two attached hydrogens (primary N) is 1. The number of hydrogen-bond donors (Lipinski definition) is 1. The molecule has 23 heavy (non-hydrogen) atoms. The van der Waals surface area contributed by atoms with E-state index in [1.807, 2.05) is 11.6 Å². The average Bonchev–Trinajstić information content (AvgIpc) is 2.87. The predicted octanol–water partition coefficient (Wildman–Crippen LogP) is 1.17. The first-order chi connectivity index (χ1) is 10.8. The van der Waals surface area contributed by atoms with Gasteiger partial charge in [-0.3, -0.25) is 14.5 Å². The Morgan fingerprint density at radius 3 is 2.57 bits per heavy atom. The zero-order chi connectivity index (χ0) is 16.6. The number of carbonyl (C=O) groups excluding carboxylic acids is 3. The molecule has 2 aliphatic heterocycles. The summed E-state index contributed by atoms with van der Waals surface area (Å²) in [6.45, 7) is 3.94. The molecule has 2 N–H and O–H groups in total. The number of allylic oxidation sites excluding steroid dienone is 2. The highest BCUT2D eigenvalue weighted by atomic mass is 16.5. The molecule has 1 amide bonds. The van der Waals surface area contributed by atoms with E-state index < -0.39 is 6.09 Å². The van der Waals surface area contributed by atoms with Crippen molar-refractivity contribution < 1.29 is 19.1 Å². The highest BCUT2D eigenvalue weighted by Gasteiger charge is 2.56. The van der Waals surface area contributed by atoms with Gasteiger partial charge >= 0.3 is 6.09 Å². The van der Waals surface area contributed by atoms with Gasteiger partial charge in [0.25, 0.3) is 0 Å². The van der Waals surface area contributed by atoms with Crippen molar-refractivity contribution in [2.75, 3.05) is 7.05 Å². The van der Waals surface area contributed by atoms with Gasteiger partial charge in [0.15, 0.2) is 5.78 Å². The molecule has 4 rings (SSSR count). The molecule has 0 spiro atoms. The van der Waals surface area contributed by atoms with Crippen LogP contribution in [0.1, 0.15) is 52.0 Å². The minimum absolute atomic E-state index is 0.0809. The normalized spacial score (nSPS) is 27.7. The van der Waals surface area contributed by atoms with Gasteiger partial charge in [-0.1, -0.05) is 0 Å². The molecule has 0 saturated carbocycles. The maximum Gasteiger partial charge on any atom is 0.404 e. The van der Waals surface area contributed by atoms with Crippen molar-refractivity contribution in [2.24, 2.45) is 5.73 Å². The van der Waals surface area contributed by atoms with Crippen LogP contribution in [0.25, 0.3) is 0 Å². The summed E-state index contributed by atoms with van der Waals surface area (Å²) in [6, 6.07) is 0.520. The largest absolute Gasteiger partial charge is 0.445 e. The molecule has 1 aromatic heterocycles. The van der Waals surface area contributed by atoms with Crippen molar-refractivity contribution in [1.82, 2.24) is 9.47 Å². The van der Waals surface area contributed by atoms with E-state index in [1.54, 1.807) is 13.8 Å². The van der Waals surface area contributed by atoms with Gasteiger partial charge in [0, 0.05) is 35.0 Å². The minimum Gasteiger partial charge on any atom is -0.445 e. The molecule has 1 aromatic rings. The Kier molecular flexibility index (Phi) is 2.67. The van der Waals surface area contributed by atoms with Gasteiger partial charge in [0.2, 0.25) is 5.78 Å². The number of amides is 1. The van der Waals surface area contributed by atoms with Crippen LogP contribution in [-0.4, -0.2) is 40.2 Å². The lowest BCUT2D eigenvalue weighted by Crippen LogP contribution is -2.23. The molecular formula is C16H17N3O4. The third-order valence-corrected chi connectivity index (χ3v) is 5.34. The number of carbonyl (C=O) groups is 3. The smallest absolute Gasteiger partial charge is 0.404 e. The van der Waals surface area contributed by atoms with Crippen molar-refractivity contribution in [3.05, 3.63) is 33.7 Å². The van der Waals surface area contributed by atoms with Crippen molar-refractivity contribution in [2.45, 2.75) is 39.1 Å². The summed E-state index contributed by atoms with van der Waals surface area (Å²) in [5.41, 5.74) is 8.37. The average molecular weight is 315 g/mol. The Bertz CT molecular complexity index is 833. The number of fused-ring (bicyclic) bond motifs is 5. The minimum atomic E-state index is -0.893. The fraction of sp³-hybridized carbons (Fsp3) is 0.438. The second-order valence-corrected chi connectivity index (χ2v) is 6.39. The summed E-state index contributed by atoms with van der Waals surface area (Å²) >= 11 is 0. The number of ether oxygens (including phenoxy) is 1. The Morgan fingerprint density at radius 1 is 1.26 bits per heavy atom. The van der Waals surface area contributed by atoms with E-state index in [0.29, 0.717) is 40.6 Å². The Labute approximate surface area is 132 Å². The van der Waals surface area contributed by atoms with Gasteiger partial charge in [-0.25, -0.2) is 4.79 Å². The molecule has 120 valence electrons. The molecule has 1 aliphatic carbocycles. The summed E-state index contributed by atoms with van der Waals surface area (Å²) in [5.74, 6) is -0.283. The van der Waals surface area contributed by atoms with Crippen molar-refractivity contribution >= 4 is 17.7 Å². The number of likely N-dealkylation sites (N-methyl/N-ethyl adjacent to an activating group) is 1. The van der Waals surface area contributed by atoms with Gasteiger partial charge in [-0.15, -0.1) is 0 Å². The summed E-state index contributed by atoms with van der Waals surface area (Å²) in [5, 5.41) is 0. The molecule has 0 aromatic carbocycles. The van der Waals surface area contributed by atoms with E-state index in [0.717, 1.165) is 5.69 Å². The lowest BCUT2D eigenvalue weighted by atomic mass is 9.87. The summed E-state index contributed by atoms with van der Waals surface area (Å²) in [7, 11) is 2.00. The lowest BCUT2D eigenvalue weighted by Gasteiger charge is -2.17. The second-order valence-electron chi connectivity index (χ2n) is 6.39. The second kappa shape index (κ2) is 4.32. The van der Waals surface area contributed by atoms with Crippen molar-refractivity contribution in [1.29, 1.82) is 0 Å². The van der Waals surface area contributed by atoms with Gasteiger partial charge in [-0.05, 0) is 20.9 Å². The van der Waals surface area contributed by atoms with E-state index in [4.69, 9.17) is 10.5 Å². The molecule has 7 heteroatoms. The maximum absolute atomic E-state index is 12.7. The monoisotopic (exact) mass is 315 g/mol. The fourth-order valence-electron chi connectivity index (χ4n) is 3.89. The van der Waals surface area contributed by atoms with E-state index in [9.17, 15) is 14.4 Å². The topological polar surface area (TPSA) is 94.4 Å². The summed E-state index contributed by atoms with van der Waals surface area (Å²) < 4.78 is 6.88. The standard InChI is InChI=1S/C16H17N3O4/c1-6-7(2)15(21)13-10(14(6)20)8(5-23-16(17)22)11-12-9(18(12)3)4-19(11)13/h9,12H,4-5H2,1-3H3,(H2,17,22)/t9-,12-,18?/m0/s1. The Morgan fingerprint density at radius 2 is 1.91 bits per heavy atom. The Hall–Kier alpha value is -2.41. The molecule has 3 atom stereocenters. The first-order valence-electron chi connectivity index (χ1n) is 7.50. The third kappa shape index (κ3) is 1.65. The van der Waals surface area contributed by atoms with Crippen LogP contribution in [0.3, 0.4) is 0 Å². The van der Waals surface area contributed by atoms with Gasteiger partial charge in [0.05, 0.1) is 11.6 Å². The highest BCUT2D eigenvalue weighted by molar-refractivity contribution is 6.26. The van der Waals surface area contributed by atoms with Crippen LogP contribution in [0.15, 0.2) is 11.1 Å². The first-order valence-corrected chi connectivity index (χ1v) is 7.50. The SMILES string of the molecule is CC1=C(C)C(=O)c2c(c(COC(N)=O)c3n2C[C@H]2[C@@H]3N2C)C1=O. The molecule has 1 unspecified atom stereocenters. The molecule has 1 saturated heterocycles. The van der Waals surface area contributed by atoms with Gasteiger partial charge < -0.3 is 15.0 Å². The number of nitrogens with zero attached hydrogens (tertiary/aromatic N) is 2. The Balaban J connectivity index is 1.92. The molecule has 1 fully saturated rings.